The van der Waals surface area contributed by atoms with E-state index >= 15 is 0 Å². The van der Waals surface area contributed by atoms with E-state index in [1.54, 1.807) is 0 Å². The maximum absolute atomic E-state index is 13.5. The molecule has 1 aliphatic rings. The molecule has 3 rings (SSSR count). The zero-order valence-corrected chi connectivity index (χ0v) is 18.8. The number of carbonyl (C=O) groups is 1. The van der Waals surface area contributed by atoms with Gasteiger partial charge in [-0.25, -0.2) is 0 Å². The number of aliphatic hydroxyl groups is 1. The molecule has 5 nitrogen and oxygen atoms in total. The first kappa shape index (κ1) is 23.5. The second-order valence-electron chi connectivity index (χ2n) is 8.68. The number of nitrogens with two attached hydrogens (primary N) is 1. The Morgan fingerprint density at radius 1 is 1.06 bits per heavy atom. The van der Waals surface area contributed by atoms with Gasteiger partial charge < -0.3 is 20.6 Å². The van der Waals surface area contributed by atoms with Gasteiger partial charge in [0.05, 0.1) is 0 Å². The molecule has 1 amide bonds. The summed E-state index contributed by atoms with van der Waals surface area (Å²) in [5, 5.41) is 8.96. The fourth-order valence-electron chi connectivity index (χ4n) is 4.36. The molecular formula is C26H37N3O2. The molecule has 3 N–H and O–H groups in total. The van der Waals surface area contributed by atoms with Crippen molar-refractivity contribution in [3.8, 4) is 0 Å². The molecule has 0 spiro atoms. The van der Waals surface area contributed by atoms with Crippen LogP contribution in [-0.4, -0.2) is 53.1 Å². The summed E-state index contributed by atoms with van der Waals surface area (Å²) in [6, 6.07) is 16.4. The molecule has 1 aliphatic heterocycles. The largest absolute Gasteiger partial charge is 0.396 e. The number of nitrogens with zero attached hydrogens (tertiary/aromatic N) is 2. The van der Waals surface area contributed by atoms with E-state index < -0.39 is 0 Å². The van der Waals surface area contributed by atoms with Gasteiger partial charge in [0.2, 0.25) is 0 Å². The molecule has 0 atom stereocenters. The van der Waals surface area contributed by atoms with Gasteiger partial charge in [-0.05, 0) is 68.8 Å². The van der Waals surface area contributed by atoms with Crippen LogP contribution in [0.4, 0.5) is 0 Å². The number of unbranched alkanes of at least 4 members (excludes halogenated alkanes) is 2. The molecule has 5 heteroatoms. The number of hydrogen-bond acceptors (Lipinski definition) is 4. The fourth-order valence-corrected chi connectivity index (χ4v) is 4.36. The second-order valence-corrected chi connectivity index (χ2v) is 8.68. The quantitative estimate of drug-likeness (QED) is 0.572. The van der Waals surface area contributed by atoms with Crippen molar-refractivity contribution in [3.63, 3.8) is 0 Å². The lowest BCUT2D eigenvalue weighted by Gasteiger charge is -2.39. The third kappa shape index (κ3) is 6.89. The number of amides is 1. The monoisotopic (exact) mass is 423 g/mol. The van der Waals surface area contributed by atoms with Crippen molar-refractivity contribution in [2.45, 2.75) is 58.2 Å². The maximum Gasteiger partial charge on any atom is 0.254 e. The molecule has 0 aromatic heterocycles. The van der Waals surface area contributed by atoms with E-state index in [1.165, 1.54) is 0 Å². The third-order valence-corrected chi connectivity index (χ3v) is 6.27. The summed E-state index contributed by atoms with van der Waals surface area (Å²) in [7, 11) is 0. The van der Waals surface area contributed by atoms with Gasteiger partial charge >= 0.3 is 0 Å². The fraction of sp³-hybridized carbons (Fsp3) is 0.500. The first-order valence-electron chi connectivity index (χ1n) is 11.6. The summed E-state index contributed by atoms with van der Waals surface area (Å²) in [6.45, 7) is 6.56. The highest BCUT2D eigenvalue weighted by Gasteiger charge is 2.28. The normalized spacial score (nSPS) is 15.2. The number of likely N-dealkylation sites (tertiary alicyclic amines) is 1. The van der Waals surface area contributed by atoms with E-state index in [2.05, 4.69) is 21.9 Å². The topological polar surface area (TPSA) is 69.8 Å². The lowest BCUT2D eigenvalue weighted by atomic mass is 9.99. The van der Waals surface area contributed by atoms with Gasteiger partial charge in [0.1, 0.15) is 0 Å². The van der Waals surface area contributed by atoms with E-state index in [1.807, 2.05) is 43.3 Å². The summed E-state index contributed by atoms with van der Waals surface area (Å²) < 4.78 is 0. The molecule has 1 fully saturated rings. The number of hydrogen-bond donors (Lipinski definition) is 2. The third-order valence-electron chi connectivity index (χ3n) is 6.27. The number of piperidine rings is 1. The summed E-state index contributed by atoms with van der Waals surface area (Å²) in [6.07, 6.45) is 5.08. The summed E-state index contributed by atoms with van der Waals surface area (Å²) in [5.41, 5.74) is 9.98. The minimum atomic E-state index is 0.111. The second kappa shape index (κ2) is 12.0. The number of carbonyl (C=O) groups excluding carboxylic acids is 1. The van der Waals surface area contributed by atoms with Crippen LogP contribution in [0.2, 0.25) is 0 Å². The minimum Gasteiger partial charge on any atom is -0.396 e. The van der Waals surface area contributed by atoms with Crippen LogP contribution in [-0.2, 0) is 13.1 Å². The van der Waals surface area contributed by atoms with Crippen LogP contribution in [0, 0.1) is 6.92 Å². The summed E-state index contributed by atoms with van der Waals surface area (Å²) in [4.78, 5) is 18.1. The number of rotatable bonds is 10. The number of benzene rings is 2. The highest BCUT2D eigenvalue weighted by Crippen LogP contribution is 2.23. The van der Waals surface area contributed by atoms with E-state index in [-0.39, 0.29) is 18.6 Å². The zero-order valence-electron chi connectivity index (χ0n) is 18.8. The average Bonchev–Trinajstić information content (AvgIpc) is 2.81. The molecule has 0 saturated carbocycles. The van der Waals surface area contributed by atoms with Gasteiger partial charge in [-0.3, -0.25) is 4.79 Å². The molecule has 2 aromatic rings. The molecule has 168 valence electrons. The smallest absolute Gasteiger partial charge is 0.254 e. The van der Waals surface area contributed by atoms with Crippen LogP contribution in [0.5, 0.6) is 0 Å². The molecule has 1 saturated heterocycles. The lowest BCUT2D eigenvalue weighted by molar-refractivity contribution is 0.0548. The maximum atomic E-state index is 13.5. The average molecular weight is 424 g/mol. The molecule has 0 unspecified atom stereocenters. The number of aliphatic hydroxyl groups excluding tert-OH is 1. The van der Waals surface area contributed by atoms with Crippen LogP contribution in [0.1, 0.15) is 59.2 Å². The first-order valence-corrected chi connectivity index (χ1v) is 11.6. The molecule has 31 heavy (non-hydrogen) atoms. The van der Waals surface area contributed by atoms with Gasteiger partial charge in [0.25, 0.3) is 5.91 Å². The molecule has 2 aromatic carbocycles. The van der Waals surface area contributed by atoms with E-state index in [4.69, 9.17) is 10.8 Å². The predicted octanol–water partition coefficient (Wildman–Crippen LogP) is 3.72. The van der Waals surface area contributed by atoms with Crippen LogP contribution in [0.15, 0.2) is 48.5 Å². The van der Waals surface area contributed by atoms with Crippen molar-refractivity contribution >= 4 is 5.91 Å². The summed E-state index contributed by atoms with van der Waals surface area (Å²) >= 11 is 0. The van der Waals surface area contributed by atoms with Gasteiger partial charge in [-0.15, -0.1) is 0 Å². The van der Waals surface area contributed by atoms with Crippen LogP contribution in [0.3, 0.4) is 0 Å². The molecule has 0 bridgehead atoms. The van der Waals surface area contributed by atoms with Crippen LogP contribution < -0.4 is 5.73 Å². The Hall–Kier alpha value is -2.21. The SMILES string of the molecule is Cc1ccc(C(=O)N(Cc2cccc(CN)c2)C2CCN(CCCCCO)CC2)cc1. The first-order chi connectivity index (χ1) is 15.1. The molecule has 0 radical (unpaired) electrons. The van der Waals surface area contributed by atoms with Crippen molar-refractivity contribution < 1.29 is 9.90 Å². The lowest BCUT2D eigenvalue weighted by Crippen LogP contribution is -2.47. The van der Waals surface area contributed by atoms with E-state index in [0.29, 0.717) is 13.1 Å². The Morgan fingerprint density at radius 3 is 2.45 bits per heavy atom. The van der Waals surface area contributed by atoms with Crippen LogP contribution in [0.25, 0.3) is 0 Å². The van der Waals surface area contributed by atoms with Crippen LogP contribution >= 0.6 is 0 Å². The Labute approximate surface area is 186 Å². The Kier molecular flexibility index (Phi) is 9.07. The van der Waals surface area contributed by atoms with E-state index in [0.717, 1.165) is 74.0 Å². The zero-order chi connectivity index (χ0) is 22.1. The highest BCUT2D eigenvalue weighted by atomic mass is 16.2. The highest BCUT2D eigenvalue weighted by molar-refractivity contribution is 5.94. The number of aryl methyl sites for hydroxylation is 1. The van der Waals surface area contributed by atoms with Crippen molar-refractivity contribution in [1.29, 1.82) is 0 Å². The van der Waals surface area contributed by atoms with Gasteiger partial charge in [0, 0.05) is 44.4 Å². The Bertz CT molecular complexity index is 814. The Balaban J connectivity index is 1.70. The Morgan fingerprint density at radius 2 is 1.77 bits per heavy atom. The molecule has 1 heterocycles. The minimum absolute atomic E-state index is 0.111. The van der Waals surface area contributed by atoms with Gasteiger partial charge in [0.15, 0.2) is 0 Å². The predicted molar refractivity (Wildman–Crippen MR) is 126 cm³/mol. The molecular weight excluding hydrogens is 386 g/mol. The summed E-state index contributed by atoms with van der Waals surface area (Å²) in [5.74, 6) is 0.111. The van der Waals surface area contributed by atoms with Crippen molar-refractivity contribution in [1.82, 2.24) is 9.80 Å². The van der Waals surface area contributed by atoms with Crippen molar-refractivity contribution in [2.24, 2.45) is 5.73 Å². The molecule has 0 aliphatic carbocycles. The van der Waals surface area contributed by atoms with Gasteiger partial charge in [-0.1, -0.05) is 42.0 Å². The standard InChI is InChI=1S/C26H37N3O2/c1-21-8-10-24(11-9-21)26(31)29(20-23-7-5-6-22(18-23)19-27)25-12-15-28(16-13-25)14-3-2-4-17-30/h5-11,18,25,30H,2-4,12-17,19-20,27H2,1H3. The van der Waals surface area contributed by atoms with Crippen molar-refractivity contribution in [2.75, 3.05) is 26.2 Å². The van der Waals surface area contributed by atoms with Gasteiger partial charge in [-0.2, -0.15) is 0 Å². The van der Waals surface area contributed by atoms with Crippen molar-refractivity contribution in [3.05, 3.63) is 70.8 Å². The van der Waals surface area contributed by atoms with E-state index in [9.17, 15) is 4.79 Å².